The molecule has 32 heavy (non-hydrogen) atoms. The average Bonchev–Trinajstić information content (AvgIpc) is 2.82. The summed E-state index contributed by atoms with van der Waals surface area (Å²) in [6, 6.07) is 13.6. The number of piperidine rings is 1. The van der Waals surface area contributed by atoms with Crippen LogP contribution in [0.2, 0.25) is 0 Å². The van der Waals surface area contributed by atoms with E-state index in [9.17, 15) is 9.59 Å². The maximum Gasteiger partial charge on any atom is 0.324 e. The molecule has 0 aliphatic carbocycles. The van der Waals surface area contributed by atoms with Crippen molar-refractivity contribution in [2.45, 2.75) is 33.2 Å². The van der Waals surface area contributed by atoms with Crippen LogP contribution in [0.4, 0.5) is 10.5 Å². The summed E-state index contributed by atoms with van der Waals surface area (Å²) in [7, 11) is 0. The molecule has 2 aliphatic rings. The standard InChI is InChI=1S/C25H31N3O4/c1-3-31-22-7-5-4-6-20(22)17-26-24(29)19-10-12-27(13-11-19)25(30)28-14-15-32-23-9-8-18(2)16-21(23)28/h4-9,16,19H,3,10-15,17H2,1-2H3,(H,26,29). The Kier molecular flexibility index (Phi) is 6.83. The van der Waals surface area contributed by atoms with Crippen LogP contribution >= 0.6 is 0 Å². The van der Waals surface area contributed by atoms with Crippen LogP contribution in [0.5, 0.6) is 11.5 Å². The van der Waals surface area contributed by atoms with Gasteiger partial charge in [-0.3, -0.25) is 9.69 Å². The molecule has 4 rings (SSSR count). The molecule has 0 saturated carbocycles. The maximum absolute atomic E-state index is 13.2. The van der Waals surface area contributed by atoms with Gasteiger partial charge in [0.05, 0.1) is 18.8 Å². The molecule has 7 heteroatoms. The molecular weight excluding hydrogens is 406 g/mol. The van der Waals surface area contributed by atoms with E-state index in [0.29, 0.717) is 52.2 Å². The molecule has 2 aromatic carbocycles. The van der Waals surface area contributed by atoms with Crippen molar-refractivity contribution in [2.24, 2.45) is 5.92 Å². The zero-order valence-electron chi connectivity index (χ0n) is 18.8. The number of hydrogen-bond acceptors (Lipinski definition) is 4. The molecule has 0 aromatic heterocycles. The number of nitrogens with zero attached hydrogens (tertiary/aromatic N) is 2. The quantitative estimate of drug-likeness (QED) is 0.774. The number of carbonyl (C=O) groups excluding carboxylic acids is 2. The average molecular weight is 438 g/mol. The molecule has 1 saturated heterocycles. The summed E-state index contributed by atoms with van der Waals surface area (Å²) in [5, 5.41) is 3.04. The van der Waals surface area contributed by atoms with E-state index >= 15 is 0 Å². The molecule has 0 radical (unpaired) electrons. The van der Waals surface area contributed by atoms with Gasteiger partial charge in [-0.2, -0.15) is 0 Å². The van der Waals surface area contributed by atoms with Crippen LogP contribution in [0.25, 0.3) is 0 Å². The van der Waals surface area contributed by atoms with Gasteiger partial charge in [-0.25, -0.2) is 4.79 Å². The van der Waals surface area contributed by atoms with Crippen molar-refractivity contribution in [1.29, 1.82) is 0 Å². The highest BCUT2D eigenvalue weighted by Crippen LogP contribution is 2.33. The minimum atomic E-state index is -0.0856. The highest BCUT2D eigenvalue weighted by Gasteiger charge is 2.32. The summed E-state index contributed by atoms with van der Waals surface area (Å²) in [6.45, 7) is 7.16. The zero-order chi connectivity index (χ0) is 22.5. The Bertz CT molecular complexity index is 969. The third-order valence-corrected chi connectivity index (χ3v) is 6.07. The van der Waals surface area contributed by atoms with E-state index < -0.39 is 0 Å². The number of fused-ring (bicyclic) bond motifs is 1. The first-order valence-electron chi connectivity index (χ1n) is 11.3. The Morgan fingerprint density at radius 2 is 1.91 bits per heavy atom. The molecule has 2 heterocycles. The highest BCUT2D eigenvalue weighted by atomic mass is 16.5. The summed E-state index contributed by atoms with van der Waals surface area (Å²) >= 11 is 0. The Morgan fingerprint density at radius 3 is 2.69 bits per heavy atom. The van der Waals surface area contributed by atoms with Crippen molar-refractivity contribution >= 4 is 17.6 Å². The number of amides is 3. The lowest BCUT2D eigenvalue weighted by atomic mass is 9.96. The number of anilines is 1. The normalized spacial score (nSPS) is 16.2. The van der Waals surface area contributed by atoms with Crippen LogP contribution in [0, 0.1) is 12.8 Å². The Hall–Kier alpha value is -3.22. The van der Waals surface area contributed by atoms with Gasteiger partial charge >= 0.3 is 6.03 Å². The Balaban J connectivity index is 1.31. The molecule has 1 N–H and O–H groups in total. The second kappa shape index (κ2) is 9.94. The lowest BCUT2D eigenvalue weighted by Crippen LogP contribution is -2.50. The van der Waals surface area contributed by atoms with E-state index in [-0.39, 0.29) is 17.9 Å². The molecule has 0 atom stereocenters. The lowest BCUT2D eigenvalue weighted by molar-refractivity contribution is -0.126. The number of carbonyl (C=O) groups is 2. The van der Waals surface area contributed by atoms with Gasteiger partial charge in [0.1, 0.15) is 18.1 Å². The monoisotopic (exact) mass is 437 g/mol. The predicted octanol–water partition coefficient (Wildman–Crippen LogP) is 3.74. The fraction of sp³-hybridized carbons (Fsp3) is 0.440. The van der Waals surface area contributed by atoms with Gasteiger partial charge in [-0.1, -0.05) is 24.3 Å². The number of ether oxygens (including phenoxy) is 2. The highest BCUT2D eigenvalue weighted by molar-refractivity contribution is 5.94. The number of aryl methyl sites for hydroxylation is 1. The topological polar surface area (TPSA) is 71.1 Å². The molecule has 2 aromatic rings. The number of benzene rings is 2. The van der Waals surface area contributed by atoms with Gasteiger partial charge in [0, 0.05) is 31.1 Å². The number of nitrogens with one attached hydrogen (secondary N) is 1. The summed E-state index contributed by atoms with van der Waals surface area (Å²) < 4.78 is 11.3. The molecule has 0 unspecified atom stereocenters. The number of hydrogen-bond donors (Lipinski definition) is 1. The number of urea groups is 1. The molecule has 0 bridgehead atoms. The van der Waals surface area contributed by atoms with Crippen molar-refractivity contribution in [1.82, 2.24) is 10.2 Å². The van der Waals surface area contributed by atoms with Crippen LogP contribution < -0.4 is 19.7 Å². The van der Waals surface area contributed by atoms with Crippen LogP contribution in [-0.2, 0) is 11.3 Å². The minimum absolute atomic E-state index is 0.00958. The van der Waals surface area contributed by atoms with Gasteiger partial charge < -0.3 is 19.7 Å². The SMILES string of the molecule is CCOc1ccccc1CNC(=O)C1CCN(C(=O)N2CCOc3ccc(C)cc32)CC1. The Morgan fingerprint density at radius 1 is 1.12 bits per heavy atom. The van der Waals surface area contributed by atoms with E-state index in [1.807, 2.05) is 61.2 Å². The molecule has 7 nitrogen and oxygen atoms in total. The van der Waals surface area contributed by atoms with Crippen molar-refractivity contribution in [3.63, 3.8) is 0 Å². The molecule has 1 fully saturated rings. The van der Waals surface area contributed by atoms with E-state index in [1.165, 1.54) is 0 Å². The first-order valence-corrected chi connectivity index (χ1v) is 11.3. The molecule has 170 valence electrons. The van der Waals surface area contributed by atoms with Crippen LogP contribution in [0.15, 0.2) is 42.5 Å². The summed E-state index contributed by atoms with van der Waals surface area (Å²) in [6.07, 6.45) is 1.32. The van der Waals surface area contributed by atoms with Gasteiger partial charge in [0.2, 0.25) is 5.91 Å². The van der Waals surface area contributed by atoms with E-state index in [4.69, 9.17) is 9.47 Å². The third-order valence-electron chi connectivity index (χ3n) is 6.07. The van der Waals surface area contributed by atoms with Gasteiger partial charge in [0.25, 0.3) is 0 Å². The molecule has 3 amide bonds. The Labute approximate surface area is 189 Å². The summed E-state index contributed by atoms with van der Waals surface area (Å²) in [5.74, 6) is 1.50. The molecule has 0 spiro atoms. The number of likely N-dealkylation sites (tertiary alicyclic amines) is 1. The van der Waals surface area contributed by atoms with Crippen molar-refractivity contribution < 1.29 is 19.1 Å². The predicted molar refractivity (Wildman–Crippen MR) is 123 cm³/mol. The van der Waals surface area contributed by atoms with E-state index in [0.717, 1.165) is 28.3 Å². The van der Waals surface area contributed by atoms with Crippen molar-refractivity contribution in [3.05, 3.63) is 53.6 Å². The zero-order valence-corrected chi connectivity index (χ0v) is 18.8. The lowest BCUT2D eigenvalue weighted by Gasteiger charge is -2.37. The van der Waals surface area contributed by atoms with Gasteiger partial charge in [0.15, 0.2) is 0 Å². The largest absolute Gasteiger partial charge is 0.494 e. The van der Waals surface area contributed by atoms with Gasteiger partial charge in [-0.05, 0) is 50.5 Å². The second-order valence-corrected chi connectivity index (χ2v) is 8.27. The number of rotatable bonds is 5. The second-order valence-electron chi connectivity index (χ2n) is 8.27. The summed E-state index contributed by atoms with van der Waals surface area (Å²) in [5.41, 5.74) is 2.89. The smallest absolute Gasteiger partial charge is 0.324 e. The maximum atomic E-state index is 13.2. The first kappa shape index (κ1) is 22.0. The molecule has 2 aliphatic heterocycles. The third kappa shape index (κ3) is 4.82. The van der Waals surface area contributed by atoms with Crippen LogP contribution in [0.1, 0.15) is 30.9 Å². The fourth-order valence-corrected chi connectivity index (χ4v) is 4.30. The summed E-state index contributed by atoms with van der Waals surface area (Å²) in [4.78, 5) is 29.6. The van der Waals surface area contributed by atoms with E-state index in [2.05, 4.69) is 5.32 Å². The van der Waals surface area contributed by atoms with Gasteiger partial charge in [-0.15, -0.1) is 0 Å². The van der Waals surface area contributed by atoms with E-state index in [1.54, 1.807) is 4.90 Å². The van der Waals surface area contributed by atoms with Crippen LogP contribution in [-0.4, -0.2) is 49.7 Å². The minimum Gasteiger partial charge on any atom is -0.494 e. The van der Waals surface area contributed by atoms with Crippen molar-refractivity contribution in [2.75, 3.05) is 37.7 Å². The molecular formula is C25H31N3O4. The first-order chi connectivity index (χ1) is 15.6. The van der Waals surface area contributed by atoms with Crippen LogP contribution in [0.3, 0.4) is 0 Å². The number of para-hydroxylation sites is 1. The fourth-order valence-electron chi connectivity index (χ4n) is 4.30. The van der Waals surface area contributed by atoms with Crippen molar-refractivity contribution in [3.8, 4) is 11.5 Å².